The standard InChI is InChI=1S/C34H40N4O6S.C15H17N3O5S/c1-22-16-23(2)18-26(17-22)35-32(39)25-10-13-29(30(19-25)38(41)42)37-33(40)28(31(44-37)34(3,4)5)20-43-27-11-8-24(9-12-27)21-45-15-14-36(6)7;1-9-3-4-12(13(7-9)18(21)22)17-15(20)11(10(2)23-17)8-24-6-5-14(16)19/h8-13,16-19H,14-15,20-21H2,1-7H3,(H,35,39);3-4,7H,5-6,8H2,1-2H3,(H2,16,19). The number of thioether (sulfide) groups is 2. The third kappa shape index (κ3) is 14.3. The highest BCUT2D eigenvalue weighted by molar-refractivity contribution is 7.98. The molecule has 0 saturated heterocycles. The second-order valence-electron chi connectivity index (χ2n) is 17.6. The van der Waals surface area contributed by atoms with E-state index in [1.807, 2.05) is 88.8 Å². The number of benzene rings is 4. The van der Waals surface area contributed by atoms with Crippen LogP contribution in [0.25, 0.3) is 11.4 Å². The lowest BCUT2D eigenvalue weighted by Gasteiger charge is -2.16. The summed E-state index contributed by atoms with van der Waals surface area (Å²) < 4.78 is 19.3. The van der Waals surface area contributed by atoms with Gasteiger partial charge >= 0.3 is 0 Å². The van der Waals surface area contributed by atoms with Crippen molar-refractivity contribution in [1.29, 1.82) is 0 Å². The molecule has 0 saturated carbocycles. The van der Waals surface area contributed by atoms with Crippen LogP contribution < -0.4 is 26.9 Å². The van der Waals surface area contributed by atoms with E-state index in [2.05, 4.69) is 24.3 Å². The quantitative estimate of drug-likeness (QED) is 0.0437. The number of nitro groups is 2. The average Bonchev–Trinajstić information content (AvgIpc) is 3.76. The largest absolute Gasteiger partial charge is 0.489 e. The smallest absolute Gasteiger partial charge is 0.297 e. The highest BCUT2D eigenvalue weighted by Gasteiger charge is 2.31. The molecular weight excluding hydrogens is 927 g/mol. The van der Waals surface area contributed by atoms with E-state index in [1.165, 1.54) is 41.6 Å². The number of carbonyl (C=O) groups is 2. The average molecular weight is 984 g/mol. The zero-order valence-electron chi connectivity index (χ0n) is 40.1. The van der Waals surface area contributed by atoms with E-state index in [1.54, 1.807) is 19.9 Å². The number of hydrogen-bond acceptors (Lipinski definition) is 14. The molecule has 2 aromatic heterocycles. The molecule has 20 heteroatoms. The van der Waals surface area contributed by atoms with Gasteiger partial charge in [-0.15, -0.1) is 9.48 Å². The summed E-state index contributed by atoms with van der Waals surface area (Å²) in [6.07, 6.45) is 0.221. The van der Waals surface area contributed by atoms with Crippen LogP contribution in [0, 0.1) is 47.9 Å². The summed E-state index contributed by atoms with van der Waals surface area (Å²) in [5.74, 6) is 3.18. The van der Waals surface area contributed by atoms with Gasteiger partial charge in [-0.3, -0.25) is 39.4 Å². The number of rotatable bonds is 19. The molecule has 6 rings (SSSR count). The van der Waals surface area contributed by atoms with Gasteiger partial charge in [0, 0.05) is 64.8 Å². The van der Waals surface area contributed by atoms with Crippen molar-refractivity contribution in [3.63, 3.8) is 0 Å². The molecule has 69 heavy (non-hydrogen) atoms. The van der Waals surface area contributed by atoms with Crippen LogP contribution in [-0.2, 0) is 28.3 Å². The number of ether oxygens (including phenoxy) is 1. The van der Waals surface area contributed by atoms with Crippen molar-refractivity contribution in [2.24, 2.45) is 5.73 Å². The molecule has 4 aromatic carbocycles. The van der Waals surface area contributed by atoms with Gasteiger partial charge in [-0.25, -0.2) is 0 Å². The van der Waals surface area contributed by atoms with Crippen molar-refractivity contribution < 1.29 is 33.2 Å². The first-order valence-corrected chi connectivity index (χ1v) is 24.1. The first-order valence-electron chi connectivity index (χ1n) is 21.8. The Balaban J connectivity index is 0.000000311. The second-order valence-corrected chi connectivity index (χ2v) is 19.8. The topological polar surface area (TPSA) is 241 Å². The van der Waals surface area contributed by atoms with Crippen molar-refractivity contribution in [2.75, 3.05) is 37.5 Å². The van der Waals surface area contributed by atoms with Crippen LogP contribution in [0.3, 0.4) is 0 Å². The third-order valence-corrected chi connectivity index (χ3v) is 12.3. The molecule has 0 aliphatic rings. The number of nitrogens with one attached hydrogen (secondary N) is 1. The van der Waals surface area contributed by atoms with E-state index in [-0.39, 0.29) is 41.2 Å². The molecule has 6 aromatic rings. The van der Waals surface area contributed by atoms with Crippen molar-refractivity contribution in [3.05, 3.63) is 170 Å². The van der Waals surface area contributed by atoms with E-state index < -0.39 is 43.9 Å². The van der Waals surface area contributed by atoms with Gasteiger partial charge in [0.1, 0.15) is 18.1 Å². The van der Waals surface area contributed by atoms with Gasteiger partial charge in [-0.05, 0) is 107 Å². The molecule has 366 valence electrons. The van der Waals surface area contributed by atoms with Gasteiger partial charge in [0.2, 0.25) is 5.91 Å². The maximum absolute atomic E-state index is 13.7. The van der Waals surface area contributed by atoms with Crippen LogP contribution in [-0.4, -0.2) is 68.2 Å². The summed E-state index contributed by atoms with van der Waals surface area (Å²) in [7, 11) is 4.11. The fourth-order valence-electron chi connectivity index (χ4n) is 6.92. The van der Waals surface area contributed by atoms with Gasteiger partial charge in [0.25, 0.3) is 28.4 Å². The number of nitro benzene ring substituents is 2. The van der Waals surface area contributed by atoms with Crippen LogP contribution in [0.2, 0.25) is 0 Å². The van der Waals surface area contributed by atoms with Gasteiger partial charge < -0.3 is 29.7 Å². The van der Waals surface area contributed by atoms with Crippen molar-refractivity contribution >= 4 is 52.4 Å². The number of nitrogens with zero attached hydrogens (tertiary/aromatic N) is 5. The van der Waals surface area contributed by atoms with Gasteiger partial charge in [0.05, 0.1) is 21.0 Å². The number of anilines is 1. The fraction of sp³-hybridized carbons (Fsp3) is 0.347. The van der Waals surface area contributed by atoms with E-state index in [0.29, 0.717) is 45.6 Å². The first-order chi connectivity index (χ1) is 32.5. The molecule has 18 nitrogen and oxygen atoms in total. The number of aromatic nitrogens is 2. The Morgan fingerprint density at radius 1 is 0.754 bits per heavy atom. The first kappa shape index (κ1) is 53.1. The number of aryl methyl sites for hydroxylation is 4. The van der Waals surface area contributed by atoms with E-state index in [9.17, 15) is 39.4 Å². The molecular formula is C49H57N7O11S2. The summed E-state index contributed by atoms with van der Waals surface area (Å²) in [6.45, 7) is 13.8. The molecule has 0 aliphatic heterocycles. The van der Waals surface area contributed by atoms with Gasteiger partial charge in [-0.1, -0.05) is 45.0 Å². The lowest BCUT2D eigenvalue weighted by atomic mass is 9.91. The Kier molecular flexibility index (Phi) is 18.0. The van der Waals surface area contributed by atoms with Crippen LogP contribution >= 0.6 is 23.5 Å². The Bertz CT molecular complexity index is 2930. The van der Waals surface area contributed by atoms with Crippen LogP contribution in [0.4, 0.5) is 17.1 Å². The van der Waals surface area contributed by atoms with Crippen molar-refractivity contribution in [1.82, 2.24) is 14.4 Å². The maximum Gasteiger partial charge on any atom is 0.297 e. The van der Waals surface area contributed by atoms with Crippen LogP contribution in [0.1, 0.15) is 82.5 Å². The third-order valence-electron chi connectivity index (χ3n) is 10.4. The van der Waals surface area contributed by atoms with Crippen LogP contribution in [0.15, 0.2) is 97.5 Å². The van der Waals surface area contributed by atoms with Crippen molar-refractivity contribution in [2.45, 2.75) is 78.4 Å². The molecule has 2 amide bonds. The predicted molar refractivity (Wildman–Crippen MR) is 269 cm³/mol. The summed E-state index contributed by atoms with van der Waals surface area (Å²) in [6, 6.07) is 21.8. The lowest BCUT2D eigenvalue weighted by Crippen LogP contribution is -2.21. The monoisotopic (exact) mass is 983 g/mol. The SMILES string of the molecule is Cc1cc(C)cc(NC(=O)c2ccc(-n3oc(C(C)(C)C)c(COc4ccc(CSCCN(C)C)cc4)c3=O)c([N+](=O)[O-])c2)c1.Cc1ccc(-n2oc(C)c(CSCCC(N)=O)c2=O)c([N+](=O)[O-])c1. The Morgan fingerprint density at radius 3 is 1.93 bits per heavy atom. The summed E-state index contributed by atoms with van der Waals surface area (Å²) in [5.41, 5.74) is 8.00. The Hall–Kier alpha value is -6.90. The molecule has 0 unspecified atom stereocenters. The second kappa shape index (κ2) is 23.4. The lowest BCUT2D eigenvalue weighted by molar-refractivity contribution is -0.385. The van der Waals surface area contributed by atoms with Crippen LogP contribution in [0.5, 0.6) is 5.75 Å². The van der Waals surface area contributed by atoms with Gasteiger partial charge in [-0.2, -0.15) is 23.5 Å². The molecule has 2 heterocycles. The molecule has 0 bridgehead atoms. The van der Waals surface area contributed by atoms with Gasteiger partial charge in [0.15, 0.2) is 17.1 Å². The number of carbonyl (C=O) groups excluding carboxylic acids is 2. The minimum Gasteiger partial charge on any atom is -0.489 e. The normalized spacial score (nSPS) is 11.3. The number of primary amides is 1. The zero-order chi connectivity index (χ0) is 50.7. The minimum atomic E-state index is -0.634. The number of nitrogens with two attached hydrogens (primary N) is 1. The Morgan fingerprint density at radius 2 is 1.33 bits per heavy atom. The predicted octanol–water partition coefficient (Wildman–Crippen LogP) is 8.94. The highest BCUT2D eigenvalue weighted by Crippen LogP contribution is 2.31. The number of hydrogen-bond donors (Lipinski definition) is 2. The number of amides is 2. The summed E-state index contributed by atoms with van der Waals surface area (Å²) >= 11 is 3.23. The van der Waals surface area contributed by atoms with E-state index in [0.717, 1.165) is 44.7 Å². The Labute approximate surface area is 407 Å². The zero-order valence-corrected chi connectivity index (χ0v) is 41.7. The summed E-state index contributed by atoms with van der Waals surface area (Å²) in [4.78, 5) is 74.3. The summed E-state index contributed by atoms with van der Waals surface area (Å²) in [5, 5.41) is 26.2. The van der Waals surface area contributed by atoms with Crippen molar-refractivity contribution in [3.8, 4) is 17.1 Å². The van der Waals surface area contributed by atoms with E-state index >= 15 is 0 Å². The highest BCUT2D eigenvalue weighted by atomic mass is 32.2. The molecule has 0 fully saturated rings. The fourth-order valence-corrected chi connectivity index (χ4v) is 9.00. The maximum atomic E-state index is 13.7. The molecule has 0 spiro atoms. The minimum absolute atomic E-state index is 0.0726. The molecule has 3 N–H and O–H groups in total. The van der Waals surface area contributed by atoms with E-state index in [4.69, 9.17) is 19.5 Å². The molecule has 0 atom stereocenters. The molecule has 0 aliphatic carbocycles. The molecule has 0 radical (unpaired) electrons.